The van der Waals surface area contributed by atoms with Gasteiger partial charge >= 0.3 is 0 Å². The lowest BCUT2D eigenvalue weighted by atomic mass is 9.96. The lowest BCUT2D eigenvalue weighted by Gasteiger charge is -2.46. The summed E-state index contributed by atoms with van der Waals surface area (Å²) in [7, 11) is 0. The van der Waals surface area contributed by atoms with E-state index in [1.165, 1.54) is 24.5 Å². The van der Waals surface area contributed by atoms with Crippen molar-refractivity contribution in [1.82, 2.24) is 19.9 Å². The Balaban J connectivity index is 1.61. The first-order valence-electron chi connectivity index (χ1n) is 8.92. The van der Waals surface area contributed by atoms with Crippen LogP contribution in [0.1, 0.15) is 6.92 Å². The molecule has 154 valence electrons. The van der Waals surface area contributed by atoms with Gasteiger partial charge in [0.2, 0.25) is 11.8 Å². The van der Waals surface area contributed by atoms with E-state index in [9.17, 15) is 9.18 Å². The molecule has 10 heteroatoms. The minimum Gasteiger partial charge on any atom is -0.468 e. The van der Waals surface area contributed by atoms with Gasteiger partial charge in [-0.05, 0) is 31.2 Å². The zero-order chi connectivity index (χ0) is 21.5. The van der Waals surface area contributed by atoms with Crippen molar-refractivity contribution < 1.29 is 13.9 Å². The van der Waals surface area contributed by atoms with Gasteiger partial charge in [-0.3, -0.25) is 4.79 Å². The number of hydrogen-bond acceptors (Lipinski definition) is 6. The van der Waals surface area contributed by atoms with Crippen LogP contribution in [-0.2, 0) is 4.79 Å². The molecule has 0 unspecified atom stereocenters. The molecular weight excluding hydrogens is 432 g/mol. The van der Waals surface area contributed by atoms with Crippen molar-refractivity contribution in [2.45, 2.75) is 12.5 Å². The van der Waals surface area contributed by atoms with Crippen LogP contribution >= 0.6 is 23.2 Å². The third kappa shape index (κ3) is 3.76. The van der Waals surface area contributed by atoms with Crippen LogP contribution in [0.3, 0.4) is 0 Å². The van der Waals surface area contributed by atoms with Gasteiger partial charge in [0.05, 0.1) is 34.3 Å². The lowest BCUT2D eigenvalue weighted by molar-refractivity contribution is -0.143. The minimum atomic E-state index is -0.697. The van der Waals surface area contributed by atoms with Crippen LogP contribution < -0.4 is 10.1 Å². The number of hydrogen-bond donors (Lipinski definition) is 1. The smallest absolute Gasteiger partial charge is 0.246 e. The van der Waals surface area contributed by atoms with E-state index in [1.54, 1.807) is 17.0 Å². The summed E-state index contributed by atoms with van der Waals surface area (Å²) in [6.07, 6.45) is 2.61. The highest BCUT2D eigenvalue weighted by molar-refractivity contribution is 6.42. The Kier molecular flexibility index (Phi) is 5.21. The van der Waals surface area contributed by atoms with Crippen LogP contribution in [0.4, 0.5) is 15.9 Å². The molecule has 0 saturated carbocycles. The summed E-state index contributed by atoms with van der Waals surface area (Å²) >= 11 is 11.7. The predicted octanol–water partition coefficient (Wildman–Crippen LogP) is 4.38. The van der Waals surface area contributed by atoms with E-state index in [2.05, 4.69) is 26.8 Å². The van der Waals surface area contributed by atoms with Gasteiger partial charge in [0.25, 0.3) is 0 Å². The molecule has 1 aliphatic heterocycles. The average Bonchev–Trinajstić information content (AvgIpc) is 2.72. The van der Waals surface area contributed by atoms with Crippen molar-refractivity contribution >= 4 is 51.6 Å². The van der Waals surface area contributed by atoms with Gasteiger partial charge in [-0.15, -0.1) is 0 Å². The minimum absolute atomic E-state index is 0.0991. The average molecular weight is 448 g/mol. The van der Waals surface area contributed by atoms with E-state index >= 15 is 0 Å². The molecule has 30 heavy (non-hydrogen) atoms. The van der Waals surface area contributed by atoms with E-state index in [0.717, 1.165) is 0 Å². The first-order valence-corrected chi connectivity index (χ1v) is 9.68. The second-order valence-electron chi connectivity index (χ2n) is 7.04. The highest BCUT2D eigenvalue weighted by Gasteiger charge is 2.43. The number of pyridine rings is 1. The molecule has 2 aromatic heterocycles. The number of fused-ring (bicyclic) bond motifs is 1. The number of ether oxygens (including phenoxy) is 1. The van der Waals surface area contributed by atoms with E-state index in [-0.39, 0.29) is 27.5 Å². The van der Waals surface area contributed by atoms with Gasteiger partial charge in [0.1, 0.15) is 17.4 Å². The zero-order valence-electron chi connectivity index (χ0n) is 15.8. The topological polar surface area (TPSA) is 80.2 Å². The summed E-state index contributed by atoms with van der Waals surface area (Å²) in [5.74, 6) is -0.225. The molecule has 4 rings (SSSR count). The van der Waals surface area contributed by atoms with E-state index in [4.69, 9.17) is 27.9 Å². The molecule has 1 aromatic carbocycles. The highest BCUT2D eigenvalue weighted by atomic mass is 35.5. The molecule has 1 saturated heterocycles. The Morgan fingerprint density at radius 3 is 2.80 bits per heavy atom. The fraction of sp³-hybridized carbons (Fsp3) is 0.200. The molecule has 0 aliphatic carbocycles. The number of nitrogens with zero attached hydrogens (tertiary/aromatic N) is 4. The fourth-order valence-electron chi connectivity index (χ4n) is 3.18. The van der Waals surface area contributed by atoms with Crippen molar-refractivity contribution in [2.24, 2.45) is 0 Å². The first kappa shape index (κ1) is 20.3. The van der Waals surface area contributed by atoms with E-state index < -0.39 is 11.4 Å². The summed E-state index contributed by atoms with van der Waals surface area (Å²) in [6.45, 7) is 6.21. The third-order valence-corrected chi connectivity index (χ3v) is 5.41. The second-order valence-corrected chi connectivity index (χ2v) is 7.82. The molecule has 7 nitrogen and oxygen atoms in total. The van der Waals surface area contributed by atoms with Crippen LogP contribution in [-0.4, -0.2) is 44.4 Å². The molecular formula is C20H16Cl2FN5O2. The maximum absolute atomic E-state index is 14.4. The summed E-state index contributed by atoms with van der Waals surface area (Å²) < 4.78 is 20.4. The molecule has 1 fully saturated rings. The maximum atomic E-state index is 14.4. The third-order valence-electron chi connectivity index (χ3n) is 4.63. The molecule has 0 atom stereocenters. The van der Waals surface area contributed by atoms with Gasteiger partial charge in [0, 0.05) is 6.07 Å². The van der Waals surface area contributed by atoms with Crippen molar-refractivity contribution in [3.05, 3.63) is 59.1 Å². The fourth-order valence-corrected chi connectivity index (χ4v) is 3.49. The number of nitrogens with one attached hydrogen (secondary N) is 1. The molecule has 0 bridgehead atoms. The number of carbonyl (C=O) groups excluding carboxylic acids is 1. The van der Waals surface area contributed by atoms with Crippen molar-refractivity contribution in [3.63, 3.8) is 0 Å². The van der Waals surface area contributed by atoms with Crippen LogP contribution in [0.15, 0.2) is 43.2 Å². The standard InChI is InChI=1S/C20H16Cl2FN5O2/c1-3-15(29)28-8-20(2,9-28)30-14-7-6-13-18(27-14)19(25-10-24-13)26-12-5-4-11(21)16(22)17(12)23/h3-7,10H,1,8-9H2,2H3,(H,24,25,26). The summed E-state index contributed by atoms with van der Waals surface area (Å²) in [4.78, 5) is 26.1. The molecule has 3 heterocycles. The maximum Gasteiger partial charge on any atom is 0.246 e. The molecule has 1 aliphatic rings. The van der Waals surface area contributed by atoms with Crippen LogP contribution in [0.5, 0.6) is 5.88 Å². The highest BCUT2D eigenvalue weighted by Crippen LogP contribution is 2.33. The number of carbonyl (C=O) groups is 1. The number of benzene rings is 1. The number of halogens is 3. The van der Waals surface area contributed by atoms with Crippen LogP contribution in [0.25, 0.3) is 11.0 Å². The summed E-state index contributed by atoms with van der Waals surface area (Å²) in [5.41, 5.74) is 0.463. The van der Waals surface area contributed by atoms with Gasteiger partial charge in [-0.25, -0.2) is 19.3 Å². The number of aromatic nitrogens is 3. The number of likely N-dealkylation sites (tertiary alicyclic amines) is 1. The molecule has 0 spiro atoms. The first-order chi connectivity index (χ1) is 14.3. The van der Waals surface area contributed by atoms with Crippen LogP contribution in [0, 0.1) is 5.82 Å². The lowest BCUT2D eigenvalue weighted by Crippen LogP contribution is -2.64. The van der Waals surface area contributed by atoms with Gasteiger partial charge in [0.15, 0.2) is 11.6 Å². The molecule has 3 aromatic rings. The SMILES string of the molecule is C=CC(=O)N1CC(C)(Oc2ccc3ncnc(Nc4ccc(Cl)c(Cl)c4F)c3n2)C1. The quantitative estimate of drug-likeness (QED) is 0.461. The Bertz CT molecular complexity index is 1170. The van der Waals surface area contributed by atoms with E-state index in [0.29, 0.717) is 30.0 Å². The number of rotatable bonds is 5. The normalized spacial score (nSPS) is 14.9. The Morgan fingerprint density at radius 2 is 2.07 bits per heavy atom. The molecule has 1 N–H and O–H groups in total. The second kappa shape index (κ2) is 7.70. The zero-order valence-corrected chi connectivity index (χ0v) is 17.3. The molecule has 0 radical (unpaired) electrons. The van der Waals surface area contributed by atoms with Gasteiger partial charge in [-0.1, -0.05) is 29.8 Å². The van der Waals surface area contributed by atoms with Crippen LogP contribution in [0.2, 0.25) is 10.0 Å². The Hall–Kier alpha value is -2.97. The molecule has 1 amide bonds. The Labute approximate surface area is 181 Å². The Morgan fingerprint density at radius 1 is 1.30 bits per heavy atom. The van der Waals surface area contributed by atoms with Crippen molar-refractivity contribution in [1.29, 1.82) is 0 Å². The van der Waals surface area contributed by atoms with Crippen molar-refractivity contribution in [3.8, 4) is 5.88 Å². The van der Waals surface area contributed by atoms with Crippen molar-refractivity contribution in [2.75, 3.05) is 18.4 Å². The number of anilines is 2. The number of amides is 1. The summed E-state index contributed by atoms with van der Waals surface area (Å²) in [6, 6.07) is 6.35. The van der Waals surface area contributed by atoms with Gasteiger partial charge < -0.3 is 15.0 Å². The monoisotopic (exact) mass is 447 g/mol. The van der Waals surface area contributed by atoms with E-state index in [1.807, 2.05) is 6.92 Å². The largest absolute Gasteiger partial charge is 0.468 e. The predicted molar refractivity (Wildman–Crippen MR) is 113 cm³/mol. The summed E-state index contributed by atoms with van der Waals surface area (Å²) in [5, 5.41) is 2.80. The van der Waals surface area contributed by atoms with Gasteiger partial charge in [-0.2, -0.15) is 0 Å².